The first kappa shape index (κ1) is 13.7. The molecule has 0 aromatic heterocycles. The summed E-state index contributed by atoms with van der Waals surface area (Å²) in [5, 5.41) is 0. The lowest BCUT2D eigenvalue weighted by Gasteiger charge is -2.14. The standard InChI is InChI=1S/C14H12F2O2S/c15-13(11-7-3-1-4-8-11)19(17,18)14(16)12-9-5-2-6-10-12/h1-10,13-14H. The summed E-state index contributed by atoms with van der Waals surface area (Å²) in [6, 6.07) is 14.6. The van der Waals surface area contributed by atoms with Crippen molar-refractivity contribution in [2.75, 3.05) is 0 Å². The van der Waals surface area contributed by atoms with Gasteiger partial charge in [0.2, 0.25) is 20.8 Å². The van der Waals surface area contributed by atoms with E-state index in [0.717, 1.165) is 0 Å². The Morgan fingerprint density at radius 2 is 1.00 bits per heavy atom. The smallest absolute Gasteiger partial charge is 0.225 e. The topological polar surface area (TPSA) is 34.1 Å². The minimum absolute atomic E-state index is 0.0684. The molecule has 2 rings (SSSR count). The van der Waals surface area contributed by atoms with Gasteiger partial charge < -0.3 is 0 Å². The van der Waals surface area contributed by atoms with Crippen molar-refractivity contribution in [1.29, 1.82) is 0 Å². The summed E-state index contributed by atoms with van der Waals surface area (Å²) in [4.78, 5) is 0. The van der Waals surface area contributed by atoms with Gasteiger partial charge in [0.05, 0.1) is 0 Å². The van der Waals surface area contributed by atoms with E-state index in [0.29, 0.717) is 0 Å². The summed E-state index contributed by atoms with van der Waals surface area (Å²) in [6.45, 7) is 0. The highest BCUT2D eigenvalue weighted by atomic mass is 32.2. The highest BCUT2D eigenvalue weighted by Gasteiger charge is 2.36. The average Bonchev–Trinajstić information content (AvgIpc) is 2.47. The molecule has 19 heavy (non-hydrogen) atoms. The molecule has 2 nitrogen and oxygen atoms in total. The molecule has 0 aliphatic rings. The Morgan fingerprint density at radius 3 is 1.32 bits per heavy atom. The molecule has 0 saturated carbocycles. The molecule has 0 N–H and O–H groups in total. The van der Waals surface area contributed by atoms with Crippen LogP contribution in [0.5, 0.6) is 0 Å². The van der Waals surface area contributed by atoms with Gasteiger partial charge in [0.15, 0.2) is 0 Å². The van der Waals surface area contributed by atoms with E-state index in [1.807, 2.05) is 0 Å². The van der Waals surface area contributed by atoms with Crippen molar-refractivity contribution >= 4 is 9.84 Å². The SMILES string of the molecule is O=S(=O)(C(F)c1ccccc1)C(F)c1ccccc1. The van der Waals surface area contributed by atoms with Crippen molar-refractivity contribution < 1.29 is 17.2 Å². The summed E-state index contributed by atoms with van der Waals surface area (Å²) in [6.07, 6.45) is 0. The van der Waals surface area contributed by atoms with Gasteiger partial charge in [-0.15, -0.1) is 0 Å². The lowest BCUT2D eigenvalue weighted by atomic mass is 10.2. The van der Waals surface area contributed by atoms with Crippen LogP contribution in [-0.2, 0) is 9.84 Å². The fourth-order valence-corrected chi connectivity index (χ4v) is 2.98. The van der Waals surface area contributed by atoms with E-state index in [1.54, 1.807) is 12.1 Å². The monoisotopic (exact) mass is 282 g/mol. The van der Waals surface area contributed by atoms with Gasteiger partial charge in [-0.2, -0.15) is 0 Å². The summed E-state index contributed by atoms with van der Waals surface area (Å²) < 4.78 is 51.8. The van der Waals surface area contributed by atoms with Gasteiger partial charge in [-0.3, -0.25) is 0 Å². The van der Waals surface area contributed by atoms with Gasteiger partial charge >= 0.3 is 0 Å². The zero-order valence-electron chi connectivity index (χ0n) is 9.91. The Kier molecular flexibility index (Phi) is 3.95. The fourth-order valence-electron chi connectivity index (χ4n) is 1.69. The molecule has 0 aliphatic carbocycles. The third kappa shape index (κ3) is 2.81. The summed E-state index contributed by atoms with van der Waals surface area (Å²) in [5.41, 5.74) is -4.88. The van der Waals surface area contributed by atoms with Gasteiger partial charge in [0.25, 0.3) is 0 Å². The van der Waals surface area contributed by atoms with Crippen molar-refractivity contribution in [3.05, 3.63) is 71.8 Å². The Hall–Kier alpha value is -1.75. The molecular formula is C14H12F2O2S. The summed E-state index contributed by atoms with van der Waals surface area (Å²) >= 11 is 0. The molecular weight excluding hydrogens is 270 g/mol. The molecule has 0 amide bonds. The predicted octanol–water partition coefficient (Wildman–Crippen LogP) is 3.74. The lowest BCUT2D eigenvalue weighted by Crippen LogP contribution is -2.15. The number of benzene rings is 2. The van der Waals surface area contributed by atoms with E-state index in [4.69, 9.17) is 0 Å². The van der Waals surface area contributed by atoms with Crippen molar-refractivity contribution in [2.24, 2.45) is 0 Å². The van der Waals surface area contributed by atoms with Crippen LogP contribution >= 0.6 is 0 Å². The Balaban J connectivity index is 2.33. The van der Waals surface area contributed by atoms with Gasteiger partial charge in [0.1, 0.15) is 0 Å². The lowest BCUT2D eigenvalue weighted by molar-refractivity contribution is 0.381. The number of halogens is 2. The van der Waals surface area contributed by atoms with E-state index in [9.17, 15) is 17.2 Å². The quantitative estimate of drug-likeness (QED) is 0.856. The van der Waals surface area contributed by atoms with Crippen LogP contribution in [-0.4, -0.2) is 8.42 Å². The summed E-state index contributed by atoms with van der Waals surface area (Å²) in [5.74, 6) is 0. The maximum atomic E-state index is 14.0. The van der Waals surface area contributed by atoms with E-state index in [-0.39, 0.29) is 11.1 Å². The normalized spacial score (nSPS) is 14.8. The first-order chi connectivity index (χ1) is 9.03. The highest BCUT2D eigenvalue weighted by molar-refractivity contribution is 7.91. The molecule has 2 aromatic carbocycles. The summed E-state index contributed by atoms with van der Waals surface area (Å²) in [7, 11) is -4.58. The third-order valence-corrected chi connectivity index (χ3v) is 4.40. The average molecular weight is 282 g/mol. The predicted molar refractivity (Wildman–Crippen MR) is 69.5 cm³/mol. The van der Waals surface area contributed by atoms with Gasteiger partial charge in [-0.05, 0) is 0 Å². The largest absolute Gasteiger partial charge is 0.229 e. The number of sulfone groups is 1. The Labute approximate surface area is 110 Å². The molecule has 0 bridgehead atoms. The molecule has 0 saturated heterocycles. The minimum atomic E-state index is -4.58. The molecule has 0 fully saturated rings. The van der Waals surface area contributed by atoms with Crippen molar-refractivity contribution in [1.82, 2.24) is 0 Å². The van der Waals surface area contributed by atoms with E-state index in [1.165, 1.54) is 48.5 Å². The Morgan fingerprint density at radius 1 is 0.684 bits per heavy atom. The second-order valence-electron chi connectivity index (χ2n) is 4.04. The van der Waals surface area contributed by atoms with Crippen LogP contribution in [0.4, 0.5) is 8.78 Å². The first-order valence-corrected chi connectivity index (χ1v) is 7.25. The first-order valence-electron chi connectivity index (χ1n) is 5.64. The molecule has 2 unspecified atom stereocenters. The highest BCUT2D eigenvalue weighted by Crippen LogP contribution is 2.35. The van der Waals surface area contributed by atoms with Gasteiger partial charge in [-0.1, -0.05) is 60.7 Å². The molecule has 2 atom stereocenters. The molecule has 100 valence electrons. The van der Waals surface area contributed by atoms with Gasteiger partial charge in [0, 0.05) is 11.1 Å². The van der Waals surface area contributed by atoms with Crippen LogP contribution in [0.15, 0.2) is 60.7 Å². The maximum Gasteiger partial charge on any atom is 0.229 e. The zero-order chi connectivity index (χ0) is 13.9. The van der Waals surface area contributed by atoms with Crippen LogP contribution < -0.4 is 0 Å². The molecule has 0 radical (unpaired) electrons. The fraction of sp³-hybridized carbons (Fsp3) is 0.143. The third-order valence-electron chi connectivity index (χ3n) is 2.70. The van der Waals surface area contributed by atoms with Crippen LogP contribution in [0, 0.1) is 0 Å². The minimum Gasteiger partial charge on any atom is -0.225 e. The van der Waals surface area contributed by atoms with Gasteiger partial charge in [-0.25, -0.2) is 17.2 Å². The van der Waals surface area contributed by atoms with E-state index in [2.05, 4.69) is 0 Å². The second kappa shape index (κ2) is 5.48. The molecule has 0 aliphatic heterocycles. The zero-order valence-corrected chi connectivity index (χ0v) is 10.7. The molecule has 2 aromatic rings. The van der Waals surface area contributed by atoms with Crippen LogP contribution in [0.2, 0.25) is 0 Å². The maximum absolute atomic E-state index is 14.0. The molecule has 0 heterocycles. The van der Waals surface area contributed by atoms with Crippen LogP contribution in [0.3, 0.4) is 0 Å². The van der Waals surface area contributed by atoms with Crippen molar-refractivity contribution in [3.8, 4) is 0 Å². The van der Waals surface area contributed by atoms with Crippen LogP contribution in [0.1, 0.15) is 22.1 Å². The van der Waals surface area contributed by atoms with Crippen molar-refractivity contribution in [2.45, 2.75) is 11.0 Å². The number of hydrogen-bond donors (Lipinski definition) is 0. The number of rotatable bonds is 4. The Bertz CT molecular complexity index is 576. The number of hydrogen-bond acceptors (Lipinski definition) is 2. The molecule has 0 spiro atoms. The second-order valence-corrected chi connectivity index (χ2v) is 6.05. The van der Waals surface area contributed by atoms with Crippen LogP contribution in [0.25, 0.3) is 0 Å². The number of alkyl halides is 2. The van der Waals surface area contributed by atoms with Crippen molar-refractivity contribution in [3.63, 3.8) is 0 Å². The molecule has 5 heteroatoms. The van der Waals surface area contributed by atoms with E-state index >= 15 is 0 Å². The van der Waals surface area contributed by atoms with E-state index < -0.39 is 20.8 Å².